The lowest BCUT2D eigenvalue weighted by molar-refractivity contribution is -0.140. The molecule has 12 heteroatoms. The first kappa shape index (κ1) is 29.8. The molecular formula is C25H29Cl4N3O4S. The maximum atomic E-state index is 13.8. The van der Waals surface area contributed by atoms with Crippen LogP contribution in [0.3, 0.4) is 0 Å². The maximum absolute atomic E-state index is 13.8. The Morgan fingerprint density at radius 3 is 2.11 bits per heavy atom. The standard InChI is InChI=1S/C25H29Cl4N3O4S/c1-3-23(25(34)30-18-7-4-5-8-18)31(14-20-21(28)9-6-10-22(20)29)24(33)15-32(37(2,35)36)19-12-16(26)11-17(27)13-19/h6,9-13,18,23H,3-5,7-8,14-15H2,1-2H3,(H,30,34)/t23-/m1/s1. The van der Waals surface area contributed by atoms with Gasteiger partial charge in [0.05, 0.1) is 11.9 Å². The molecule has 2 aromatic carbocycles. The average molecular weight is 609 g/mol. The van der Waals surface area contributed by atoms with Crippen LogP contribution in [0, 0.1) is 0 Å². The van der Waals surface area contributed by atoms with Crippen LogP contribution in [0.4, 0.5) is 5.69 Å². The minimum absolute atomic E-state index is 0.0449. The normalized spacial score (nSPS) is 14.9. The molecule has 1 saturated carbocycles. The topological polar surface area (TPSA) is 86.8 Å². The molecule has 1 fully saturated rings. The van der Waals surface area contributed by atoms with Crippen molar-refractivity contribution in [3.05, 3.63) is 62.1 Å². The Morgan fingerprint density at radius 1 is 1.03 bits per heavy atom. The lowest BCUT2D eigenvalue weighted by Gasteiger charge is -2.33. The summed E-state index contributed by atoms with van der Waals surface area (Å²) in [7, 11) is -3.92. The Labute approximate surface area is 238 Å². The fraction of sp³-hybridized carbons (Fsp3) is 0.440. The first-order valence-electron chi connectivity index (χ1n) is 11.9. The van der Waals surface area contributed by atoms with Gasteiger partial charge in [0.15, 0.2) is 0 Å². The van der Waals surface area contributed by atoms with Gasteiger partial charge in [-0.1, -0.05) is 72.2 Å². The van der Waals surface area contributed by atoms with E-state index in [2.05, 4.69) is 5.32 Å². The van der Waals surface area contributed by atoms with Crippen molar-refractivity contribution in [1.29, 1.82) is 0 Å². The van der Waals surface area contributed by atoms with E-state index in [1.165, 1.54) is 23.1 Å². The van der Waals surface area contributed by atoms with E-state index in [1.54, 1.807) is 25.1 Å². The third-order valence-electron chi connectivity index (χ3n) is 6.29. The summed E-state index contributed by atoms with van der Waals surface area (Å²) in [6.07, 6.45) is 5.10. The van der Waals surface area contributed by atoms with Gasteiger partial charge in [-0.15, -0.1) is 0 Å². The summed E-state index contributed by atoms with van der Waals surface area (Å²) >= 11 is 25.0. The molecule has 1 N–H and O–H groups in total. The van der Waals surface area contributed by atoms with Crippen LogP contribution in [0.5, 0.6) is 0 Å². The van der Waals surface area contributed by atoms with Crippen molar-refractivity contribution in [1.82, 2.24) is 10.2 Å². The summed E-state index contributed by atoms with van der Waals surface area (Å²) in [5.41, 5.74) is 0.593. The van der Waals surface area contributed by atoms with Crippen LogP contribution < -0.4 is 9.62 Å². The highest BCUT2D eigenvalue weighted by Gasteiger charge is 2.33. The molecule has 1 aliphatic rings. The lowest BCUT2D eigenvalue weighted by atomic mass is 10.1. The van der Waals surface area contributed by atoms with E-state index < -0.39 is 28.5 Å². The number of halogens is 4. The molecule has 1 aliphatic carbocycles. The second-order valence-corrected chi connectivity index (χ2v) is 12.6. The molecule has 37 heavy (non-hydrogen) atoms. The number of carbonyl (C=O) groups excluding carboxylic acids is 2. The number of amides is 2. The van der Waals surface area contributed by atoms with Gasteiger partial charge in [0.2, 0.25) is 21.8 Å². The zero-order valence-electron chi connectivity index (χ0n) is 20.5. The first-order chi connectivity index (χ1) is 17.4. The Hall–Kier alpha value is -1.71. The third kappa shape index (κ3) is 7.90. The van der Waals surface area contributed by atoms with Gasteiger partial charge < -0.3 is 10.2 Å². The Balaban J connectivity index is 1.99. The predicted molar refractivity (Wildman–Crippen MR) is 150 cm³/mol. The van der Waals surface area contributed by atoms with E-state index in [0.29, 0.717) is 22.0 Å². The molecule has 0 heterocycles. The van der Waals surface area contributed by atoms with Gasteiger partial charge in [-0.05, 0) is 49.6 Å². The number of hydrogen-bond acceptors (Lipinski definition) is 4. The molecule has 2 aromatic rings. The number of carbonyl (C=O) groups is 2. The van der Waals surface area contributed by atoms with Crippen LogP contribution in [0.15, 0.2) is 36.4 Å². The van der Waals surface area contributed by atoms with Gasteiger partial charge in [-0.25, -0.2) is 8.42 Å². The Morgan fingerprint density at radius 2 is 1.59 bits per heavy atom. The second kappa shape index (κ2) is 12.9. The van der Waals surface area contributed by atoms with Crippen molar-refractivity contribution in [2.24, 2.45) is 0 Å². The summed E-state index contributed by atoms with van der Waals surface area (Å²) in [5, 5.41) is 4.13. The maximum Gasteiger partial charge on any atom is 0.244 e. The minimum atomic E-state index is -3.92. The van der Waals surface area contributed by atoms with Gasteiger partial charge in [0.1, 0.15) is 12.6 Å². The number of nitrogens with zero attached hydrogens (tertiary/aromatic N) is 2. The fourth-order valence-corrected chi connectivity index (χ4v) is 6.30. The molecule has 0 spiro atoms. The van der Waals surface area contributed by atoms with Crippen LogP contribution >= 0.6 is 46.4 Å². The minimum Gasteiger partial charge on any atom is -0.352 e. The quantitative estimate of drug-likeness (QED) is 0.362. The fourth-order valence-electron chi connectivity index (χ4n) is 4.44. The van der Waals surface area contributed by atoms with Crippen molar-refractivity contribution in [3.63, 3.8) is 0 Å². The molecule has 0 bridgehead atoms. The smallest absolute Gasteiger partial charge is 0.244 e. The molecule has 3 rings (SSSR count). The summed E-state index contributed by atoms with van der Waals surface area (Å²) < 4.78 is 26.4. The highest BCUT2D eigenvalue weighted by atomic mass is 35.5. The van der Waals surface area contributed by atoms with Crippen LogP contribution in [0.1, 0.15) is 44.6 Å². The number of anilines is 1. The van der Waals surface area contributed by atoms with E-state index in [0.717, 1.165) is 36.2 Å². The van der Waals surface area contributed by atoms with Gasteiger partial charge in [-0.2, -0.15) is 0 Å². The van der Waals surface area contributed by atoms with Gasteiger partial charge in [0, 0.05) is 38.2 Å². The number of benzene rings is 2. The molecule has 0 radical (unpaired) electrons. The summed E-state index contributed by atoms with van der Waals surface area (Å²) in [4.78, 5) is 28.5. The van der Waals surface area contributed by atoms with Crippen molar-refractivity contribution < 1.29 is 18.0 Å². The Bertz CT molecular complexity index is 1210. The highest BCUT2D eigenvalue weighted by molar-refractivity contribution is 7.92. The van der Waals surface area contributed by atoms with E-state index in [9.17, 15) is 18.0 Å². The molecule has 1 atom stereocenters. The van der Waals surface area contributed by atoms with E-state index in [4.69, 9.17) is 46.4 Å². The van der Waals surface area contributed by atoms with Crippen molar-refractivity contribution in [2.45, 2.75) is 57.7 Å². The SMILES string of the molecule is CC[C@H](C(=O)NC1CCCC1)N(Cc1c(Cl)cccc1Cl)C(=O)CN(c1cc(Cl)cc(Cl)c1)S(C)(=O)=O. The van der Waals surface area contributed by atoms with Gasteiger partial charge >= 0.3 is 0 Å². The Kier molecular flexibility index (Phi) is 10.4. The average Bonchev–Trinajstić information content (AvgIpc) is 3.30. The number of nitrogens with one attached hydrogen (secondary N) is 1. The number of hydrogen-bond donors (Lipinski definition) is 1. The molecule has 0 aliphatic heterocycles. The van der Waals surface area contributed by atoms with Crippen LogP contribution in [0.25, 0.3) is 0 Å². The van der Waals surface area contributed by atoms with Gasteiger partial charge in [-0.3, -0.25) is 13.9 Å². The molecule has 0 aromatic heterocycles. The van der Waals surface area contributed by atoms with Crippen LogP contribution in [-0.4, -0.2) is 50.0 Å². The van der Waals surface area contributed by atoms with Crippen molar-refractivity contribution in [3.8, 4) is 0 Å². The molecule has 0 unspecified atom stereocenters. The summed E-state index contributed by atoms with van der Waals surface area (Å²) in [6.45, 7) is 1.13. The van der Waals surface area contributed by atoms with E-state index >= 15 is 0 Å². The monoisotopic (exact) mass is 607 g/mol. The van der Waals surface area contributed by atoms with Crippen LogP contribution in [0.2, 0.25) is 20.1 Å². The van der Waals surface area contributed by atoms with E-state index in [1.807, 2.05) is 0 Å². The highest BCUT2D eigenvalue weighted by Crippen LogP contribution is 2.30. The van der Waals surface area contributed by atoms with Gasteiger partial charge in [0.25, 0.3) is 0 Å². The van der Waals surface area contributed by atoms with Crippen LogP contribution in [-0.2, 0) is 26.2 Å². The molecular weight excluding hydrogens is 580 g/mol. The van der Waals surface area contributed by atoms with Crippen molar-refractivity contribution in [2.75, 3.05) is 17.1 Å². The molecule has 0 saturated heterocycles. The largest absolute Gasteiger partial charge is 0.352 e. The molecule has 7 nitrogen and oxygen atoms in total. The number of sulfonamides is 1. The molecule has 2 amide bonds. The molecule has 202 valence electrons. The first-order valence-corrected chi connectivity index (χ1v) is 15.2. The zero-order valence-corrected chi connectivity index (χ0v) is 24.4. The van der Waals surface area contributed by atoms with E-state index in [-0.39, 0.29) is 34.2 Å². The lowest BCUT2D eigenvalue weighted by Crippen LogP contribution is -2.53. The predicted octanol–water partition coefficient (Wildman–Crippen LogP) is 5.93. The summed E-state index contributed by atoms with van der Waals surface area (Å²) in [6, 6.07) is 8.40. The zero-order chi connectivity index (χ0) is 27.3. The van der Waals surface area contributed by atoms with Crippen molar-refractivity contribution >= 4 is 73.9 Å². The second-order valence-electron chi connectivity index (χ2n) is 9.03. The third-order valence-corrected chi connectivity index (χ3v) is 8.58. The number of rotatable bonds is 10. The summed E-state index contributed by atoms with van der Waals surface area (Å²) in [5.74, 6) is -0.909.